The summed E-state index contributed by atoms with van der Waals surface area (Å²) in [4.78, 5) is 45.7. The number of carboxylic acid groups (broad SMARTS) is 2. The van der Waals surface area contributed by atoms with Crippen molar-refractivity contribution in [3.8, 4) is 0 Å². The van der Waals surface area contributed by atoms with E-state index in [9.17, 15) is 19.2 Å². The Hall–Kier alpha value is -2.32. The van der Waals surface area contributed by atoms with Crippen LogP contribution in [0.5, 0.6) is 0 Å². The van der Waals surface area contributed by atoms with Crippen LogP contribution in [0.3, 0.4) is 0 Å². The molecular weight excluding hydrogens is 282 g/mol. The van der Waals surface area contributed by atoms with E-state index in [0.717, 1.165) is 4.90 Å². The molecule has 0 aromatic heterocycles. The zero-order valence-electron chi connectivity index (χ0n) is 12.1. The van der Waals surface area contributed by atoms with Crippen molar-refractivity contribution < 1.29 is 29.4 Å². The maximum absolute atomic E-state index is 11.9. The number of nitrogens with one attached hydrogen (secondary N) is 2. The molecule has 0 saturated carbocycles. The molecule has 4 N–H and O–H groups in total. The predicted molar refractivity (Wildman–Crippen MR) is 72.8 cm³/mol. The van der Waals surface area contributed by atoms with Gasteiger partial charge in [0.2, 0.25) is 5.91 Å². The molecule has 0 saturated heterocycles. The minimum atomic E-state index is -1.25. The number of carbonyl (C=O) groups is 4. The molecule has 0 bridgehead atoms. The van der Waals surface area contributed by atoms with Crippen LogP contribution in [-0.2, 0) is 14.4 Å². The molecule has 0 aromatic carbocycles. The van der Waals surface area contributed by atoms with E-state index in [0.29, 0.717) is 0 Å². The zero-order chi connectivity index (χ0) is 16.4. The number of amides is 3. The smallest absolute Gasteiger partial charge is 0.326 e. The van der Waals surface area contributed by atoms with Crippen molar-refractivity contribution >= 4 is 23.9 Å². The third-order valence-electron chi connectivity index (χ3n) is 2.76. The van der Waals surface area contributed by atoms with E-state index in [1.807, 2.05) is 0 Å². The van der Waals surface area contributed by atoms with Crippen LogP contribution in [0.25, 0.3) is 0 Å². The second kappa shape index (κ2) is 9.56. The van der Waals surface area contributed by atoms with Crippen molar-refractivity contribution in [2.24, 2.45) is 0 Å². The largest absolute Gasteiger partial charge is 0.481 e. The van der Waals surface area contributed by atoms with Crippen molar-refractivity contribution in [2.45, 2.75) is 32.2 Å². The molecule has 0 rings (SSSR count). The van der Waals surface area contributed by atoms with E-state index in [2.05, 4.69) is 10.6 Å². The fraction of sp³-hybridized carbons (Fsp3) is 0.667. The molecule has 0 aliphatic carbocycles. The number of hydrogen-bond donors (Lipinski definition) is 4. The first kappa shape index (κ1) is 18.7. The molecule has 9 nitrogen and oxygen atoms in total. The molecule has 0 aliphatic rings. The van der Waals surface area contributed by atoms with Crippen molar-refractivity contribution in [3.63, 3.8) is 0 Å². The maximum Gasteiger partial charge on any atom is 0.326 e. The molecule has 0 fully saturated rings. The third kappa shape index (κ3) is 7.75. The fourth-order valence-electron chi connectivity index (χ4n) is 1.53. The summed E-state index contributed by atoms with van der Waals surface area (Å²) in [6.45, 7) is 1.71. The van der Waals surface area contributed by atoms with Gasteiger partial charge in [-0.15, -0.1) is 0 Å². The Morgan fingerprint density at radius 3 is 2.24 bits per heavy atom. The monoisotopic (exact) mass is 303 g/mol. The Labute approximate surface area is 122 Å². The Balaban J connectivity index is 4.53. The number of urea groups is 1. The van der Waals surface area contributed by atoms with Crippen LogP contribution in [0, 0.1) is 0 Å². The summed E-state index contributed by atoms with van der Waals surface area (Å²) in [5.41, 5.74) is 0. The summed E-state index contributed by atoms with van der Waals surface area (Å²) in [7, 11) is 1.43. The van der Waals surface area contributed by atoms with Gasteiger partial charge in [0.05, 0.1) is 0 Å². The summed E-state index contributed by atoms with van der Waals surface area (Å²) in [5, 5.41) is 22.2. The molecule has 1 atom stereocenters. The van der Waals surface area contributed by atoms with Crippen LogP contribution in [-0.4, -0.2) is 65.2 Å². The number of likely N-dealkylation sites (N-methyl/N-ethyl adjacent to an activating group) is 2. The summed E-state index contributed by atoms with van der Waals surface area (Å²) >= 11 is 0. The van der Waals surface area contributed by atoms with E-state index in [1.54, 1.807) is 6.92 Å². The van der Waals surface area contributed by atoms with Gasteiger partial charge in [-0.3, -0.25) is 9.59 Å². The first-order valence-corrected chi connectivity index (χ1v) is 6.52. The lowest BCUT2D eigenvalue weighted by Crippen LogP contribution is -2.50. The average Bonchev–Trinajstić information content (AvgIpc) is 2.42. The molecule has 0 unspecified atom stereocenters. The number of rotatable bonds is 9. The molecule has 0 aliphatic heterocycles. The number of carbonyl (C=O) groups excluding carboxylic acids is 2. The molecule has 0 heterocycles. The van der Waals surface area contributed by atoms with Crippen LogP contribution in [0.1, 0.15) is 26.2 Å². The summed E-state index contributed by atoms with van der Waals surface area (Å²) in [6, 6.07) is -1.86. The van der Waals surface area contributed by atoms with Gasteiger partial charge in [0.15, 0.2) is 0 Å². The topological polar surface area (TPSA) is 136 Å². The number of nitrogens with zero attached hydrogens (tertiary/aromatic N) is 1. The van der Waals surface area contributed by atoms with Crippen LogP contribution in [0.15, 0.2) is 0 Å². The average molecular weight is 303 g/mol. The highest BCUT2D eigenvalue weighted by Gasteiger charge is 2.23. The summed E-state index contributed by atoms with van der Waals surface area (Å²) < 4.78 is 0. The van der Waals surface area contributed by atoms with Crippen molar-refractivity contribution in [2.75, 3.05) is 20.1 Å². The minimum Gasteiger partial charge on any atom is -0.481 e. The quantitative estimate of drug-likeness (QED) is 0.452. The fourth-order valence-corrected chi connectivity index (χ4v) is 1.53. The van der Waals surface area contributed by atoms with Crippen LogP contribution in [0.4, 0.5) is 4.79 Å². The molecule has 0 spiro atoms. The van der Waals surface area contributed by atoms with E-state index < -0.39 is 24.0 Å². The van der Waals surface area contributed by atoms with E-state index >= 15 is 0 Å². The van der Waals surface area contributed by atoms with Crippen LogP contribution < -0.4 is 10.6 Å². The minimum absolute atomic E-state index is 0.00486. The Morgan fingerprint density at radius 2 is 1.81 bits per heavy atom. The van der Waals surface area contributed by atoms with Crippen molar-refractivity contribution in [3.05, 3.63) is 0 Å². The highest BCUT2D eigenvalue weighted by atomic mass is 16.4. The number of hydrogen-bond acceptors (Lipinski definition) is 4. The molecule has 0 radical (unpaired) electrons. The highest BCUT2D eigenvalue weighted by Crippen LogP contribution is 2.03. The van der Waals surface area contributed by atoms with Gasteiger partial charge >= 0.3 is 18.0 Å². The second-order valence-electron chi connectivity index (χ2n) is 4.31. The van der Waals surface area contributed by atoms with Crippen LogP contribution >= 0.6 is 0 Å². The summed E-state index contributed by atoms with van der Waals surface area (Å²) in [5.74, 6) is -2.64. The number of carboxylic acids is 2. The molecule has 3 amide bonds. The number of aliphatic carboxylic acids is 2. The molecule has 120 valence electrons. The van der Waals surface area contributed by atoms with Gasteiger partial charge in [0, 0.05) is 20.0 Å². The molecule has 0 aromatic rings. The van der Waals surface area contributed by atoms with Crippen molar-refractivity contribution in [1.29, 1.82) is 0 Å². The molecule has 9 heteroatoms. The molecular formula is C12H21N3O6. The second-order valence-corrected chi connectivity index (χ2v) is 4.31. The predicted octanol–water partition coefficient (Wildman–Crippen LogP) is -0.528. The Morgan fingerprint density at radius 1 is 1.19 bits per heavy atom. The van der Waals surface area contributed by atoms with Gasteiger partial charge in [-0.25, -0.2) is 9.59 Å². The highest BCUT2D eigenvalue weighted by molar-refractivity contribution is 5.86. The lowest BCUT2D eigenvalue weighted by Gasteiger charge is -2.23. The van der Waals surface area contributed by atoms with E-state index in [-0.39, 0.29) is 38.3 Å². The standard InChI is InChI=1S/C12H21N3O6/c1-3-15(7-9(16)13-2)12(21)14-8(11(19)20)5-4-6-10(17)18/h8H,3-7H2,1-2H3,(H,13,16)(H,14,21)(H,17,18)(H,19,20)/t8-/m1/s1. The van der Waals surface area contributed by atoms with Gasteiger partial charge in [-0.05, 0) is 19.8 Å². The Kier molecular flexibility index (Phi) is 8.51. The molecule has 21 heavy (non-hydrogen) atoms. The van der Waals surface area contributed by atoms with Gasteiger partial charge in [0.25, 0.3) is 0 Å². The first-order valence-electron chi connectivity index (χ1n) is 6.52. The van der Waals surface area contributed by atoms with Crippen molar-refractivity contribution in [1.82, 2.24) is 15.5 Å². The van der Waals surface area contributed by atoms with E-state index in [1.165, 1.54) is 7.05 Å². The first-order chi connectivity index (χ1) is 9.81. The Bertz CT molecular complexity index is 398. The lowest BCUT2D eigenvalue weighted by atomic mass is 10.1. The normalized spacial score (nSPS) is 11.3. The lowest BCUT2D eigenvalue weighted by molar-refractivity contribution is -0.140. The third-order valence-corrected chi connectivity index (χ3v) is 2.76. The van der Waals surface area contributed by atoms with Crippen LogP contribution in [0.2, 0.25) is 0 Å². The van der Waals surface area contributed by atoms with Gasteiger partial charge in [-0.2, -0.15) is 0 Å². The van der Waals surface area contributed by atoms with E-state index in [4.69, 9.17) is 10.2 Å². The SMILES string of the molecule is CCN(CC(=O)NC)C(=O)N[C@H](CCCC(=O)O)C(=O)O. The summed E-state index contributed by atoms with van der Waals surface area (Å²) in [6.07, 6.45) is -0.0333. The maximum atomic E-state index is 11.9. The zero-order valence-corrected chi connectivity index (χ0v) is 12.1. The van der Waals surface area contributed by atoms with Gasteiger partial charge in [0.1, 0.15) is 12.6 Å². The van der Waals surface area contributed by atoms with Gasteiger partial charge in [-0.1, -0.05) is 0 Å². The van der Waals surface area contributed by atoms with Gasteiger partial charge < -0.3 is 25.7 Å².